The van der Waals surface area contributed by atoms with E-state index >= 15 is 0 Å². The van der Waals surface area contributed by atoms with Gasteiger partial charge in [0, 0.05) is 34.7 Å². The van der Waals surface area contributed by atoms with Crippen molar-refractivity contribution in [3.05, 3.63) is 89.1 Å². The molecule has 0 fully saturated rings. The van der Waals surface area contributed by atoms with Crippen LogP contribution < -0.4 is 14.4 Å². The van der Waals surface area contributed by atoms with Crippen LogP contribution in [-0.4, -0.2) is 51.0 Å². The second kappa shape index (κ2) is 14.1. The molecule has 2 aromatic carbocycles. The maximum Gasteiger partial charge on any atom is 0.254 e. The van der Waals surface area contributed by atoms with Crippen molar-refractivity contribution in [3.63, 3.8) is 0 Å². The number of amides is 1. The summed E-state index contributed by atoms with van der Waals surface area (Å²) < 4.78 is 9.83. The minimum Gasteiger partial charge on any atom is -0.475 e. The van der Waals surface area contributed by atoms with Crippen LogP contribution in [0.2, 0.25) is 0 Å². The van der Waals surface area contributed by atoms with Gasteiger partial charge in [0.2, 0.25) is 11.8 Å². The van der Waals surface area contributed by atoms with Gasteiger partial charge in [-0.3, -0.25) is 9.52 Å². The summed E-state index contributed by atoms with van der Waals surface area (Å²) in [5.41, 5.74) is 5.48. The molecule has 2 aromatic heterocycles. The van der Waals surface area contributed by atoms with Crippen molar-refractivity contribution < 1.29 is 9.53 Å². The zero-order valence-corrected chi connectivity index (χ0v) is 29.1. The summed E-state index contributed by atoms with van der Waals surface area (Å²) in [7, 11) is 0. The number of carbonyl (C=O) groups excluding carboxylic acids is 1. The number of aryl methyl sites for hydroxylation is 2. The number of rotatable bonds is 7. The number of ether oxygens (including phenoxy) is 1. The molecule has 1 amide bonds. The van der Waals surface area contributed by atoms with Gasteiger partial charge in [-0.05, 0) is 99.9 Å². The number of anilines is 2. The first kappa shape index (κ1) is 33.3. The van der Waals surface area contributed by atoms with Crippen molar-refractivity contribution in [3.8, 4) is 17.1 Å². The number of nitrogens with zero attached hydrogens (tertiary/aromatic N) is 5. The van der Waals surface area contributed by atoms with Crippen LogP contribution in [0.3, 0.4) is 0 Å². The highest BCUT2D eigenvalue weighted by Gasteiger charge is 2.31. The molecule has 1 atom stereocenters. The van der Waals surface area contributed by atoms with Crippen LogP contribution in [0.5, 0.6) is 5.88 Å². The van der Waals surface area contributed by atoms with Gasteiger partial charge in [0.1, 0.15) is 12.4 Å². The fourth-order valence-electron chi connectivity index (χ4n) is 6.05. The van der Waals surface area contributed by atoms with Crippen LogP contribution in [0, 0.1) is 19.3 Å². The van der Waals surface area contributed by atoms with Crippen molar-refractivity contribution in [2.24, 2.45) is 5.41 Å². The van der Waals surface area contributed by atoms with E-state index in [9.17, 15) is 4.79 Å². The Morgan fingerprint density at radius 2 is 1.72 bits per heavy atom. The molecule has 0 saturated heterocycles. The maximum atomic E-state index is 14.5. The highest BCUT2D eigenvalue weighted by atomic mass is 32.2. The van der Waals surface area contributed by atoms with Crippen LogP contribution in [0.15, 0.2) is 71.6 Å². The number of hydrogen-bond donors (Lipinski definition) is 1. The first-order valence-corrected chi connectivity index (χ1v) is 16.9. The lowest BCUT2D eigenvalue weighted by Crippen LogP contribution is -2.45. The van der Waals surface area contributed by atoms with Crippen LogP contribution in [0.1, 0.15) is 75.1 Å². The smallest absolute Gasteiger partial charge is 0.254 e. The van der Waals surface area contributed by atoms with Crippen LogP contribution in [0.4, 0.5) is 11.8 Å². The lowest BCUT2D eigenvalue weighted by atomic mass is 9.87. The number of fused-ring (bicyclic) bond motifs is 4. The van der Waals surface area contributed by atoms with E-state index < -0.39 is 0 Å². The first-order chi connectivity index (χ1) is 21.9. The Labute approximate surface area is 278 Å². The Morgan fingerprint density at radius 1 is 1.00 bits per heavy atom. The minimum absolute atomic E-state index is 0.0584. The van der Waals surface area contributed by atoms with Gasteiger partial charge in [-0.25, -0.2) is 9.97 Å². The molecule has 46 heavy (non-hydrogen) atoms. The summed E-state index contributed by atoms with van der Waals surface area (Å²) in [6, 6.07) is 22.0. The molecule has 8 nitrogen and oxygen atoms in total. The van der Waals surface area contributed by atoms with Crippen molar-refractivity contribution in [2.45, 2.75) is 85.3 Å². The van der Waals surface area contributed by atoms with E-state index in [2.05, 4.69) is 83.2 Å². The molecule has 1 aliphatic heterocycles. The van der Waals surface area contributed by atoms with Crippen LogP contribution in [0.25, 0.3) is 11.3 Å². The summed E-state index contributed by atoms with van der Waals surface area (Å²) in [6.45, 7) is 18.7. The van der Waals surface area contributed by atoms with E-state index in [-0.39, 0.29) is 24.0 Å². The Bertz CT molecular complexity index is 1660. The average Bonchev–Trinajstić information content (AvgIpc) is 3.00. The Morgan fingerprint density at radius 3 is 2.41 bits per heavy atom. The summed E-state index contributed by atoms with van der Waals surface area (Å²) in [6.07, 6.45) is 0.722. The molecule has 9 heteroatoms. The molecule has 4 bridgehead atoms. The van der Waals surface area contributed by atoms with Crippen molar-refractivity contribution in [1.29, 1.82) is 0 Å². The third-order valence-corrected chi connectivity index (χ3v) is 8.91. The summed E-state index contributed by atoms with van der Waals surface area (Å²) in [5, 5.41) is 0. The lowest BCUT2D eigenvalue weighted by molar-refractivity contribution is 0.0509. The molecular weight excluding hydrogens is 593 g/mol. The highest BCUT2D eigenvalue weighted by molar-refractivity contribution is 8.00. The van der Waals surface area contributed by atoms with Crippen molar-refractivity contribution >= 4 is 29.6 Å². The Hall–Kier alpha value is -4.11. The minimum atomic E-state index is -0.252. The summed E-state index contributed by atoms with van der Waals surface area (Å²) in [4.78, 5) is 34.2. The van der Waals surface area contributed by atoms with E-state index in [4.69, 9.17) is 19.7 Å². The fourth-order valence-corrected chi connectivity index (χ4v) is 6.68. The molecular formula is C37H46N6O2S. The van der Waals surface area contributed by atoms with Crippen LogP contribution >= 0.6 is 11.9 Å². The maximum absolute atomic E-state index is 14.5. The normalized spacial score (nSPS) is 15.4. The molecule has 242 valence electrons. The molecule has 5 rings (SSSR count). The Kier molecular flexibility index (Phi) is 10.2. The second-order valence-electron chi connectivity index (χ2n) is 13.4. The molecule has 0 radical (unpaired) electrons. The quantitative estimate of drug-likeness (QED) is 0.202. The van der Waals surface area contributed by atoms with Gasteiger partial charge in [-0.15, -0.1) is 0 Å². The van der Waals surface area contributed by atoms with Gasteiger partial charge in [0.25, 0.3) is 5.91 Å². The Balaban J connectivity index is 1.59. The largest absolute Gasteiger partial charge is 0.475 e. The SMILES string of the molecule is CCN(c1cccc(CN2C(=O)c3cccc(c3)SNc3nc(cc(-c4c(C)cccc4C)n3)OCC2CC(C)(C)C)n1)C(C)C. The van der Waals surface area contributed by atoms with Crippen molar-refractivity contribution in [2.75, 3.05) is 22.8 Å². The van der Waals surface area contributed by atoms with Gasteiger partial charge in [0.05, 0.1) is 24.0 Å². The molecule has 1 N–H and O–H groups in total. The number of benzene rings is 2. The van der Waals surface area contributed by atoms with Gasteiger partial charge >= 0.3 is 0 Å². The van der Waals surface area contributed by atoms with Crippen LogP contribution in [-0.2, 0) is 6.54 Å². The number of nitrogens with one attached hydrogen (secondary N) is 1. The molecule has 0 spiro atoms. The average molecular weight is 639 g/mol. The molecule has 4 aromatic rings. The number of aromatic nitrogens is 3. The fraction of sp³-hybridized carbons (Fsp3) is 0.405. The van der Waals surface area contributed by atoms with Gasteiger partial charge in [-0.1, -0.05) is 51.1 Å². The van der Waals surface area contributed by atoms with Crippen molar-refractivity contribution in [1.82, 2.24) is 19.9 Å². The predicted molar refractivity (Wildman–Crippen MR) is 188 cm³/mol. The van der Waals surface area contributed by atoms with E-state index in [1.807, 2.05) is 53.4 Å². The number of hydrogen-bond acceptors (Lipinski definition) is 8. The van der Waals surface area contributed by atoms with E-state index in [0.29, 0.717) is 30.0 Å². The van der Waals surface area contributed by atoms with Gasteiger partial charge in [-0.2, -0.15) is 4.98 Å². The third kappa shape index (κ3) is 7.99. The first-order valence-electron chi connectivity index (χ1n) is 16.1. The highest BCUT2D eigenvalue weighted by Crippen LogP contribution is 2.32. The second-order valence-corrected chi connectivity index (χ2v) is 14.3. The zero-order valence-electron chi connectivity index (χ0n) is 28.3. The topological polar surface area (TPSA) is 83.5 Å². The monoisotopic (exact) mass is 638 g/mol. The lowest BCUT2D eigenvalue weighted by Gasteiger charge is -2.36. The molecule has 0 saturated carbocycles. The molecule has 3 heterocycles. The number of carbonyl (C=O) groups is 1. The predicted octanol–water partition coefficient (Wildman–Crippen LogP) is 8.35. The molecule has 1 aliphatic rings. The summed E-state index contributed by atoms with van der Waals surface area (Å²) >= 11 is 1.37. The van der Waals surface area contributed by atoms with E-state index in [1.165, 1.54) is 11.9 Å². The molecule has 0 aliphatic carbocycles. The van der Waals surface area contributed by atoms with E-state index in [1.54, 1.807) is 0 Å². The van der Waals surface area contributed by atoms with Gasteiger partial charge in [0.15, 0.2) is 0 Å². The third-order valence-electron chi connectivity index (χ3n) is 8.14. The summed E-state index contributed by atoms with van der Waals surface area (Å²) in [5.74, 6) is 1.77. The van der Waals surface area contributed by atoms with E-state index in [0.717, 1.165) is 51.8 Å². The molecule has 1 unspecified atom stereocenters. The standard InChI is InChI=1S/C37H46N6O2S/c1-9-42(24(2)3)32-18-12-16-28(38-32)22-43-29(21-37(6,7)8)23-45-33-20-31(34-25(4)13-10-14-26(34)5)39-36(40-33)41-46-30-17-11-15-27(19-30)35(43)44/h10-20,24,29H,9,21-23H2,1-8H3,(H,39,40,41). The zero-order chi connectivity index (χ0) is 33.0. The number of pyridine rings is 1. The van der Waals surface area contributed by atoms with Gasteiger partial charge < -0.3 is 14.5 Å².